The summed E-state index contributed by atoms with van der Waals surface area (Å²) in [6.07, 6.45) is 3.20. The number of hydrogen-bond acceptors (Lipinski definition) is 6. The van der Waals surface area contributed by atoms with Gasteiger partial charge in [-0.3, -0.25) is 0 Å². The summed E-state index contributed by atoms with van der Waals surface area (Å²) in [5.74, 6) is 2.97. The number of nitrogens with zero attached hydrogens (tertiary/aromatic N) is 3. The molecule has 22 heavy (non-hydrogen) atoms. The molecule has 2 aliphatic rings. The quantitative estimate of drug-likeness (QED) is 0.832. The second kappa shape index (κ2) is 5.93. The number of halogens is 1. The van der Waals surface area contributed by atoms with Gasteiger partial charge in [-0.15, -0.1) is 12.4 Å². The summed E-state index contributed by atoms with van der Waals surface area (Å²) in [4.78, 5) is 11.2. The van der Waals surface area contributed by atoms with Crippen LogP contribution in [0.2, 0.25) is 0 Å². The Bertz CT molecular complexity index is 680. The summed E-state index contributed by atoms with van der Waals surface area (Å²) >= 11 is 0. The van der Waals surface area contributed by atoms with Crippen LogP contribution in [-0.4, -0.2) is 36.1 Å². The van der Waals surface area contributed by atoms with Gasteiger partial charge >= 0.3 is 0 Å². The highest BCUT2D eigenvalue weighted by Gasteiger charge is 2.27. The molecule has 3 heterocycles. The Kier molecular flexibility index (Phi) is 4.14. The number of aryl methyl sites for hydroxylation is 1. The van der Waals surface area contributed by atoms with Crippen LogP contribution in [-0.2, 0) is 12.8 Å². The van der Waals surface area contributed by atoms with Crippen LogP contribution in [0.15, 0.2) is 4.42 Å². The Morgan fingerprint density at radius 1 is 1.27 bits per heavy atom. The Balaban J connectivity index is 0.00000144. The summed E-state index contributed by atoms with van der Waals surface area (Å²) in [5, 5.41) is 3.35. The minimum absolute atomic E-state index is 0. The van der Waals surface area contributed by atoms with Gasteiger partial charge in [0.2, 0.25) is 5.95 Å². The molecule has 0 radical (unpaired) electrons. The lowest BCUT2D eigenvalue weighted by atomic mass is 9.89. The summed E-state index contributed by atoms with van der Waals surface area (Å²) < 4.78 is 6.14. The zero-order valence-corrected chi connectivity index (χ0v) is 13.6. The SMILES string of the molecule is CC1CCc2oc3c(N4CCNCC4)nc(N)nc3c2C1.Cl. The van der Waals surface area contributed by atoms with Crippen molar-refractivity contribution in [3.8, 4) is 0 Å². The third-order valence-corrected chi connectivity index (χ3v) is 4.55. The van der Waals surface area contributed by atoms with Crippen molar-refractivity contribution in [3.63, 3.8) is 0 Å². The van der Waals surface area contributed by atoms with Crippen LogP contribution in [0.4, 0.5) is 11.8 Å². The van der Waals surface area contributed by atoms with Crippen LogP contribution >= 0.6 is 12.4 Å². The third-order valence-electron chi connectivity index (χ3n) is 4.55. The van der Waals surface area contributed by atoms with Crippen molar-refractivity contribution in [2.75, 3.05) is 36.8 Å². The smallest absolute Gasteiger partial charge is 0.222 e. The molecule has 1 fully saturated rings. The van der Waals surface area contributed by atoms with E-state index in [0.29, 0.717) is 11.9 Å². The van der Waals surface area contributed by atoms with Crippen LogP contribution in [0.3, 0.4) is 0 Å². The first-order chi connectivity index (χ1) is 10.2. The second-order valence-corrected chi connectivity index (χ2v) is 6.17. The van der Waals surface area contributed by atoms with Gasteiger partial charge in [-0.25, -0.2) is 4.98 Å². The molecule has 6 nitrogen and oxygen atoms in total. The molecule has 0 spiro atoms. The van der Waals surface area contributed by atoms with E-state index in [9.17, 15) is 0 Å². The molecule has 2 aromatic heterocycles. The first kappa shape index (κ1) is 15.4. The summed E-state index contributed by atoms with van der Waals surface area (Å²) in [5.41, 5.74) is 8.95. The maximum atomic E-state index is 6.14. The Morgan fingerprint density at radius 2 is 2.05 bits per heavy atom. The van der Waals surface area contributed by atoms with Crippen LogP contribution < -0.4 is 16.0 Å². The Labute approximate surface area is 135 Å². The Morgan fingerprint density at radius 3 is 2.82 bits per heavy atom. The molecule has 4 rings (SSSR count). The highest BCUT2D eigenvalue weighted by Crippen LogP contribution is 2.37. The Hall–Kier alpha value is -1.53. The number of anilines is 2. The number of nitrogens with one attached hydrogen (secondary N) is 1. The standard InChI is InChI=1S/C15H21N5O.ClH/c1-9-2-3-11-10(8-9)12-13(21-11)14(19-15(16)18-12)20-6-4-17-5-7-20;/h9,17H,2-8H2,1H3,(H2,16,18,19);1H. The average Bonchev–Trinajstić information content (AvgIpc) is 2.85. The van der Waals surface area contributed by atoms with Crippen LogP contribution in [0.1, 0.15) is 24.7 Å². The van der Waals surface area contributed by atoms with Gasteiger partial charge in [0.15, 0.2) is 11.4 Å². The van der Waals surface area contributed by atoms with Crippen molar-refractivity contribution in [1.82, 2.24) is 15.3 Å². The fourth-order valence-corrected chi connectivity index (χ4v) is 3.40. The number of nitrogen functional groups attached to an aromatic ring is 1. The maximum absolute atomic E-state index is 6.14. The van der Waals surface area contributed by atoms with Crippen molar-refractivity contribution in [2.24, 2.45) is 5.92 Å². The molecule has 1 aliphatic heterocycles. The maximum Gasteiger partial charge on any atom is 0.222 e. The first-order valence-corrected chi connectivity index (χ1v) is 7.76. The lowest BCUT2D eigenvalue weighted by Crippen LogP contribution is -2.44. The van der Waals surface area contributed by atoms with Crippen LogP contribution in [0.5, 0.6) is 0 Å². The number of hydrogen-bond donors (Lipinski definition) is 2. The van der Waals surface area contributed by atoms with Gasteiger partial charge in [-0.1, -0.05) is 6.92 Å². The molecule has 0 saturated carbocycles. The molecule has 0 aromatic carbocycles. The molecule has 2 aromatic rings. The molecule has 1 unspecified atom stereocenters. The van der Waals surface area contributed by atoms with Crippen molar-refractivity contribution in [2.45, 2.75) is 26.2 Å². The monoisotopic (exact) mass is 323 g/mol. The molecular weight excluding hydrogens is 302 g/mol. The van der Waals surface area contributed by atoms with Crippen LogP contribution in [0.25, 0.3) is 11.1 Å². The van der Waals surface area contributed by atoms with Crippen molar-refractivity contribution >= 4 is 35.3 Å². The van der Waals surface area contributed by atoms with E-state index in [1.165, 1.54) is 12.0 Å². The van der Waals surface area contributed by atoms with E-state index in [1.807, 2.05) is 0 Å². The predicted molar refractivity (Wildman–Crippen MR) is 89.7 cm³/mol. The number of rotatable bonds is 1. The second-order valence-electron chi connectivity index (χ2n) is 6.17. The van der Waals surface area contributed by atoms with E-state index in [-0.39, 0.29) is 12.4 Å². The molecule has 1 aliphatic carbocycles. The van der Waals surface area contributed by atoms with Gasteiger partial charge < -0.3 is 20.4 Å². The highest BCUT2D eigenvalue weighted by molar-refractivity contribution is 5.89. The van der Waals surface area contributed by atoms with E-state index in [0.717, 1.165) is 61.7 Å². The van der Waals surface area contributed by atoms with E-state index in [4.69, 9.17) is 10.2 Å². The largest absolute Gasteiger partial charge is 0.455 e. The van der Waals surface area contributed by atoms with Gasteiger partial charge in [0.1, 0.15) is 11.3 Å². The predicted octanol–water partition coefficient (Wildman–Crippen LogP) is 1.76. The fourth-order valence-electron chi connectivity index (χ4n) is 3.40. The normalized spacial score (nSPS) is 21.5. The number of nitrogens with two attached hydrogens (primary N) is 1. The zero-order valence-electron chi connectivity index (χ0n) is 12.8. The fraction of sp³-hybridized carbons (Fsp3) is 0.600. The van der Waals surface area contributed by atoms with E-state index < -0.39 is 0 Å². The topological polar surface area (TPSA) is 80.2 Å². The van der Waals surface area contributed by atoms with Crippen molar-refractivity contribution in [3.05, 3.63) is 11.3 Å². The van der Waals surface area contributed by atoms with Gasteiger partial charge in [-0.05, 0) is 18.8 Å². The van der Waals surface area contributed by atoms with Crippen molar-refractivity contribution in [1.29, 1.82) is 0 Å². The highest BCUT2D eigenvalue weighted by atomic mass is 35.5. The third kappa shape index (κ3) is 2.50. The number of fused-ring (bicyclic) bond motifs is 3. The molecule has 1 saturated heterocycles. The molecule has 7 heteroatoms. The minimum Gasteiger partial charge on any atom is -0.455 e. The van der Waals surface area contributed by atoms with Crippen molar-refractivity contribution < 1.29 is 4.42 Å². The van der Waals surface area contributed by atoms with Gasteiger partial charge in [-0.2, -0.15) is 4.98 Å². The van der Waals surface area contributed by atoms with Gasteiger partial charge in [0.25, 0.3) is 0 Å². The van der Waals surface area contributed by atoms with Crippen LogP contribution in [0, 0.1) is 5.92 Å². The zero-order chi connectivity index (χ0) is 14.4. The first-order valence-electron chi connectivity index (χ1n) is 7.76. The molecular formula is C15H22ClN5O. The molecule has 3 N–H and O–H groups in total. The minimum atomic E-state index is 0. The molecule has 0 bridgehead atoms. The van der Waals surface area contributed by atoms with Gasteiger partial charge in [0, 0.05) is 38.2 Å². The van der Waals surface area contributed by atoms with E-state index >= 15 is 0 Å². The molecule has 0 amide bonds. The van der Waals surface area contributed by atoms with Gasteiger partial charge in [0.05, 0.1) is 0 Å². The van der Waals surface area contributed by atoms with E-state index in [2.05, 4.69) is 27.1 Å². The van der Waals surface area contributed by atoms with E-state index in [1.54, 1.807) is 0 Å². The summed E-state index contributed by atoms with van der Waals surface area (Å²) in [6, 6.07) is 0. The molecule has 1 atom stereocenters. The lowest BCUT2D eigenvalue weighted by molar-refractivity contribution is 0.438. The number of piperazine rings is 1. The molecule has 120 valence electrons. The summed E-state index contributed by atoms with van der Waals surface area (Å²) in [6.45, 7) is 6.05. The average molecular weight is 324 g/mol. The number of furan rings is 1. The lowest BCUT2D eigenvalue weighted by Gasteiger charge is -2.28. The number of aromatic nitrogens is 2. The summed E-state index contributed by atoms with van der Waals surface area (Å²) in [7, 11) is 0.